The Balaban J connectivity index is 2.28. The van der Waals surface area contributed by atoms with Crippen molar-refractivity contribution in [1.82, 2.24) is 5.06 Å². The molecule has 0 aromatic heterocycles. The quantitative estimate of drug-likeness (QED) is 0.815. The third-order valence-electron chi connectivity index (χ3n) is 3.35. The number of nitriles is 2. The maximum absolute atomic E-state index is 9.02. The largest absolute Gasteiger partial charge is 0.280 e. The molecular formula is C14H15N3O. The van der Waals surface area contributed by atoms with Gasteiger partial charge in [0, 0.05) is 13.0 Å². The van der Waals surface area contributed by atoms with Crippen molar-refractivity contribution in [3.8, 4) is 12.1 Å². The third-order valence-corrected chi connectivity index (χ3v) is 3.35. The standard InChI is InChI=1S/C14H15N3O/c1-14(12-6-3-2-4-7-12)10-13(11-16)18-17(14)9-5-8-15/h2-4,6-7,13H,5,9-10H2,1H3/t13-,14-/m0/s1. The minimum absolute atomic E-state index is 0.335. The topological polar surface area (TPSA) is 60.0 Å². The molecule has 4 nitrogen and oxygen atoms in total. The molecule has 1 aliphatic heterocycles. The lowest BCUT2D eigenvalue weighted by Gasteiger charge is -2.32. The van der Waals surface area contributed by atoms with Crippen molar-refractivity contribution in [2.24, 2.45) is 0 Å². The van der Waals surface area contributed by atoms with E-state index in [0.29, 0.717) is 19.4 Å². The van der Waals surface area contributed by atoms with Crippen LogP contribution in [0.25, 0.3) is 0 Å². The summed E-state index contributed by atoms with van der Waals surface area (Å²) in [6, 6.07) is 14.2. The Hall–Kier alpha value is -1.88. The summed E-state index contributed by atoms with van der Waals surface area (Å²) in [6.07, 6.45) is 0.577. The molecule has 0 radical (unpaired) electrons. The van der Waals surface area contributed by atoms with Gasteiger partial charge in [0.05, 0.1) is 24.1 Å². The number of hydrogen-bond donors (Lipinski definition) is 0. The molecule has 0 N–H and O–H groups in total. The van der Waals surface area contributed by atoms with E-state index < -0.39 is 6.10 Å². The van der Waals surface area contributed by atoms with Gasteiger partial charge >= 0.3 is 0 Å². The number of benzene rings is 1. The SMILES string of the molecule is C[C@@]1(c2ccccc2)C[C@@H](C#N)ON1CCC#N. The van der Waals surface area contributed by atoms with Crippen molar-refractivity contribution in [2.75, 3.05) is 6.54 Å². The number of nitrogens with zero attached hydrogens (tertiary/aromatic N) is 3. The van der Waals surface area contributed by atoms with Crippen LogP contribution in [0.3, 0.4) is 0 Å². The fourth-order valence-corrected chi connectivity index (χ4v) is 2.35. The molecule has 92 valence electrons. The monoisotopic (exact) mass is 241 g/mol. The van der Waals surface area contributed by atoms with Crippen LogP contribution < -0.4 is 0 Å². The van der Waals surface area contributed by atoms with Gasteiger partial charge < -0.3 is 0 Å². The van der Waals surface area contributed by atoms with Crippen molar-refractivity contribution < 1.29 is 4.84 Å². The van der Waals surface area contributed by atoms with Crippen LogP contribution in [0, 0.1) is 22.7 Å². The highest BCUT2D eigenvalue weighted by molar-refractivity contribution is 5.25. The fourth-order valence-electron chi connectivity index (χ4n) is 2.35. The van der Waals surface area contributed by atoms with E-state index in [2.05, 4.69) is 19.1 Å². The van der Waals surface area contributed by atoms with E-state index in [4.69, 9.17) is 15.4 Å². The van der Waals surface area contributed by atoms with Crippen LogP contribution in [0.1, 0.15) is 25.3 Å². The first-order chi connectivity index (χ1) is 8.70. The molecule has 1 aliphatic rings. The zero-order valence-corrected chi connectivity index (χ0v) is 10.3. The molecule has 1 saturated heterocycles. The maximum Gasteiger partial charge on any atom is 0.167 e. The molecule has 0 saturated carbocycles. The highest BCUT2D eigenvalue weighted by Gasteiger charge is 2.44. The molecule has 4 heteroatoms. The zero-order chi connectivity index (χ0) is 13.0. The molecule has 0 bridgehead atoms. The van der Waals surface area contributed by atoms with Crippen molar-refractivity contribution in [3.63, 3.8) is 0 Å². The van der Waals surface area contributed by atoms with Crippen molar-refractivity contribution in [2.45, 2.75) is 31.4 Å². The van der Waals surface area contributed by atoms with Crippen LogP contribution >= 0.6 is 0 Å². The summed E-state index contributed by atoms with van der Waals surface area (Å²) in [7, 11) is 0. The number of hydroxylamine groups is 2. The maximum atomic E-state index is 9.02. The minimum Gasteiger partial charge on any atom is -0.280 e. The first-order valence-corrected chi connectivity index (χ1v) is 5.97. The molecule has 0 spiro atoms. The summed E-state index contributed by atoms with van der Waals surface area (Å²) in [5.41, 5.74) is 0.777. The van der Waals surface area contributed by atoms with Gasteiger partial charge in [0.25, 0.3) is 0 Å². The van der Waals surface area contributed by atoms with Crippen LogP contribution in [-0.4, -0.2) is 17.7 Å². The first-order valence-electron chi connectivity index (χ1n) is 5.97. The van der Waals surface area contributed by atoms with E-state index in [9.17, 15) is 0 Å². The van der Waals surface area contributed by atoms with E-state index in [1.807, 2.05) is 30.3 Å². The summed E-state index contributed by atoms with van der Waals surface area (Å²) in [5.74, 6) is 0. The van der Waals surface area contributed by atoms with Gasteiger partial charge in [0.1, 0.15) is 0 Å². The summed E-state index contributed by atoms with van der Waals surface area (Å²) in [4.78, 5) is 5.60. The molecule has 0 amide bonds. The zero-order valence-electron chi connectivity index (χ0n) is 10.3. The summed E-state index contributed by atoms with van der Waals surface area (Å²) in [6.45, 7) is 2.57. The van der Waals surface area contributed by atoms with E-state index >= 15 is 0 Å². The predicted molar refractivity (Wildman–Crippen MR) is 65.8 cm³/mol. The van der Waals surface area contributed by atoms with E-state index in [-0.39, 0.29) is 5.54 Å². The Kier molecular flexibility index (Phi) is 3.62. The highest BCUT2D eigenvalue weighted by atomic mass is 16.7. The second kappa shape index (κ2) is 5.18. The Morgan fingerprint density at radius 1 is 1.39 bits per heavy atom. The van der Waals surface area contributed by atoms with E-state index in [1.54, 1.807) is 5.06 Å². The summed E-state index contributed by atoms with van der Waals surface area (Å²) < 4.78 is 0. The molecule has 1 aromatic rings. The second-order valence-corrected chi connectivity index (χ2v) is 4.58. The van der Waals surface area contributed by atoms with Crippen molar-refractivity contribution >= 4 is 0 Å². The Labute approximate surface area is 107 Å². The van der Waals surface area contributed by atoms with Crippen LogP contribution in [0.2, 0.25) is 0 Å². The lowest BCUT2D eigenvalue weighted by molar-refractivity contribution is -0.174. The first kappa shape index (κ1) is 12.6. The third kappa shape index (κ3) is 2.22. The molecule has 1 heterocycles. The van der Waals surface area contributed by atoms with Gasteiger partial charge in [-0.05, 0) is 12.5 Å². The molecule has 0 unspecified atom stereocenters. The van der Waals surface area contributed by atoms with Crippen molar-refractivity contribution in [3.05, 3.63) is 35.9 Å². The lowest BCUT2D eigenvalue weighted by Crippen LogP contribution is -2.38. The summed E-state index contributed by atoms with van der Waals surface area (Å²) in [5, 5.41) is 19.5. The highest BCUT2D eigenvalue weighted by Crippen LogP contribution is 2.39. The van der Waals surface area contributed by atoms with Crippen LogP contribution in [0.4, 0.5) is 0 Å². The van der Waals surface area contributed by atoms with E-state index in [0.717, 1.165) is 5.56 Å². The molecule has 2 atom stereocenters. The predicted octanol–water partition coefficient (Wildman–Crippen LogP) is 2.34. The van der Waals surface area contributed by atoms with Gasteiger partial charge in [0.15, 0.2) is 6.10 Å². The number of rotatable bonds is 3. The normalized spacial score (nSPS) is 27.6. The smallest absolute Gasteiger partial charge is 0.167 e. The Bertz CT molecular complexity index is 488. The van der Waals surface area contributed by atoms with Gasteiger partial charge in [0.2, 0.25) is 0 Å². The molecule has 0 aliphatic carbocycles. The molecule has 18 heavy (non-hydrogen) atoms. The molecule has 1 fully saturated rings. The van der Waals surface area contributed by atoms with Crippen LogP contribution in [0.15, 0.2) is 30.3 Å². The average molecular weight is 241 g/mol. The van der Waals surface area contributed by atoms with Gasteiger partial charge in [-0.15, -0.1) is 0 Å². The van der Waals surface area contributed by atoms with E-state index in [1.165, 1.54) is 0 Å². The fraction of sp³-hybridized carbons (Fsp3) is 0.429. The lowest BCUT2D eigenvalue weighted by atomic mass is 9.87. The molecular weight excluding hydrogens is 226 g/mol. The van der Waals surface area contributed by atoms with Gasteiger partial charge in [-0.2, -0.15) is 15.6 Å². The molecule has 2 rings (SSSR count). The minimum atomic E-state index is -0.436. The van der Waals surface area contributed by atoms with Gasteiger partial charge in [-0.25, -0.2) is 0 Å². The second-order valence-electron chi connectivity index (χ2n) is 4.58. The van der Waals surface area contributed by atoms with Gasteiger partial charge in [-0.3, -0.25) is 4.84 Å². The Morgan fingerprint density at radius 3 is 2.72 bits per heavy atom. The van der Waals surface area contributed by atoms with Crippen molar-refractivity contribution in [1.29, 1.82) is 10.5 Å². The summed E-state index contributed by atoms with van der Waals surface area (Å²) >= 11 is 0. The molecule has 1 aromatic carbocycles. The van der Waals surface area contributed by atoms with Crippen LogP contribution in [-0.2, 0) is 10.4 Å². The van der Waals surface area contributed by atoms with Crippen LogP contribution in [0.5, 0.6) is 0 Å². The Morgan fingerprint density at radius 2 is 2.11 bits per heavy atom. The van der Waals surface area contributed by atoms with Gasteiger partial charge in [-0.1, -0.05) is 30.3 Å². The number of hydrogen-bond acceptors (Lipinski definition) is 4. The average Bonchev–Trinajstić information content (AvgIpc) is 2.75.